The van der Waals surface area contributed by atoms with Crippen molar-refractivity contribution < 1.29 is 9.84 Å². The van der Waals surface area contributed by atoms with Gasteiger partial charge in [-0.15, -0.1) is 0 Å². The average molecular weight is 529 g/mol. The molecule has 0 amide bonds. The van der Waals surface area contributed by atoms with Crippen LogP contribution >= 0.6 is 11.6 Å². The van der Waals surface area contributed by atoms with Crippen LogP contribution in [0.2, 0.25) is 5.02 Å². The molecule has 0 fully saturated rings. The lowest BCUT2D eigenvalue weighted by Gasteiger charge is -2.28. The summed E-state index contributed by atoms with van der Waals surface area (Å²) in [5, 5.41) is 17.8. The Labute approximate surface area is 226 Å². The standard InChI is InChI=1S/C29H29ClN6O2/c30-23-13-11-22(12-14-23)26(25(18-37)38-24-9-5-2-6-10-24)31-15-16-36-20-35-27-28(33-19-34-29(27)36)32-17-21-7-3-1-4-8-21/h1-14,19-20,25-26,31,37H,15-18H2,(H,32,33,34)/t25-,26-/m1/s1. The molecule has 0 aliphatic rings. The van der Waals surface area contributed by atoms with Gasteiger partial charge >= 0.3 is 0 Å². The number of hydrogen-bond acceptors (Lipinski definition) is 7. The Morgan fingerprint density at radius 2 is 1.63 bits per heavy atom. The normalized spacial score (nSPS) is 12.8. The van der Waals surface area contributed by atoms with Gasteiger partial charge in [0.25, 0.3) is 0 Å². The van der Waals surface area contributed by atoms with E-state index in [0.717, 1.165) is 22.3 Å². The summed E-state index contributed by atoms with van der Waals surface area (Å²) >= 11 is 6.13. The van der Waals surface area contributed by atoms with Crippen molar-refractivity contribution in [2.45, 2.75) is 25.2 Å². The minimum atomic E-state index is -0.505. The number of hydrogen-bond donors (Lipinski definition) is 3. The monoisotopic (exact) mass is 528 g/mol. The van der Waals surface area contributed by atoms with Crippen LogP contribution in [0.4, 0.5) is 5.82 Å². The zero-order chi connectivity index (χ0) is 26.2. The highest BCUT2D eigenvalue weighted by Crippen LogP contribution is 2.24. The summed E-state index contributed by atoms with van der Waals surface area (Å²) in [5.41, 5.74) is 3.60. The second kappa shape index (κ2) is 12.5. The molecule has 0 unspecified atom stereocenters. The zero-order valence-corrected chi connectivity index (χ0v) is 21.5. The van der Waals surface area contributed by atoms with Crippen LogP contribution in [-0.2, 0) is 13.1 Å². The van der Waals surface area contributed by atoms with Gasteiger partial charge in [-0.05, 0) is 35.4 Å². The van der Waals surface area contributed by atoms with E-state index in [1.165, 1.54) is 0 Å². The van der Waals surface area contributed by atoms with Crippen LogP contribution in [0.3, 0.4) is 0 Å². The van der Waals surface area contributed by atoms with Gasteiger partial charge in [-0.2, -0.15) is 0 Å². The van der Waals surface area contributed by atoms with Crippen LogP contribution in [0.5, 0.6) is 5.75 Å². The molecule has 194 valence electrons. The van der Waals surface area contributed by atoms with Crippen LogP contribution in [0.25, 0.3) is 11.2 Å². The van der Waals surface area contributed by atoms with Crippen molar-refractivity contribution in [2.24, 2.45) is 0 Å². The fourth-order valence-electron chi connectivity index (χ4n) is 4.31. The van der Waals surface area contributed by atoms with Gasteiger partial charge in [0.1, 0.15) is 23.7 Å². The van der Waals surface area contributed by atoms with Crippen molar-refractivity contribution in [3.63, 3.8) is 0 Å². The lowest BCUT2D eigenvalue weighted by molar-refractivity contribution is 0.0822. The molecular formula is C29H29ClN6O2. The van der Waals surface area contributed by atoms with Crippen LogP contribution in [0.15, 0.2) is 97.6 Å². The molecule has 38 heavy (non-hydrogen) atoms. The van der Waals surface area contributed by atoms with Crippen molar-refractivity contribution in [3.8, 4) is 5.75 Å². The second-order valence-corrected chi connectivity index (χ2v) is 9.24. The highest BCUT2D eigenvalue weighted by atomic mass is 35.5. The number of aliphatic hydroxyl groups excluding tert-OH is 1. The molecule has 0 saturated heterocycles. The summed E-state index contributed by atoms with van der Waals surface area (Å²) in [5.74, 6) is 1.39. The number of halogens is 1. The van der Waals surface area contributed by atoms with Crippen LogP contribution < -0.4 is 15.4 Å². The summed E-state index contributed by atoms with van der Waals surface area (Å²) in [6, 6.07) is 26.9. The third-order valence-corrected chi connectivity index (χ3v) is 6.48. The minimum absolute atomic E-state index is 0.160. The Balaban J connectivity index is 1.29. The predicted molar refractivity (Wildman–Crippen MR) is 149 cm³/mol. The van der Waals surface area contributed by atoms with Gasteiger partial charge in [0.2, 0.25) is 0 Å². The molecule has 2 aromatic heterocycles. The van der Waals surface area contributed by atoms with E-state index < -0.39 is 6.10 Å². The lowest BCUT2D eigenvalue weighted by atomic mass is 10.0. The van der Waals surface area contributed by atoms with Crippen molar-refractivity contribution in [3.05, 3.63) is 114 Å². The summed E-state index contributed by atoms with van der Waals surface area (Å²) in [6.45, 7) is 1.68. The van der Waals surface area contributed by atoms with Gasteiger partial charge in [-0.25, -0.2) is 15.0 Å². The molecule has 8 nitrogen and oxygen atoms in total. The number of nitrogens with zero attached hydrogens (tertiary/aromatic N) is 4. The topological polar surface area (TPSA) is 97.1 Å². The minimum Gasteiger partial charge on any atom is -0.486 e. The summed E-state index contributed by atoms with van der Waals surface area (Å²) in [6.07, 6.45) is 2.82. The van der Waals surface area contributed by atoms with E-state index in [0.29, 0.717) is 36.2 Å². The lowest BCUT2D eigenvalue weighted by Crippen LogP contribution is -2.39. The van der Waals surface area contributed by atoms with E-state index >= 15 is 0 Å². The number of benzene rings is 3. The van der Waals surface area contributed by atoms with Crippen LogP contribution in [0, 0.1) is 0 Å². The van der Waals surface area contributed by atoms with Crippen molar-refractivity contribution >= 4 is 28.6 Å². The van der Waals surface area contributed by atoms with E-state index in [4.69, 9.17) is 16.3 Å². The molecule has 0 bridgehead atoms. The Hall–Kier alpha value is -3.98. The van der Waals surface area contributed by atoms with Gasteiger partial charge in [0, 0.05) is 24.7 Å². The Bertz CT molecular complexity index is 1430. The molecule has 3 N–H and O–H groups in total. The van der Waals surface area contributed by atoms with Crippen molar-refractivity contribution in [2.75, 3.05) is 18.5 Å². The molecule has 0 radical (unpaired) electrons. The molecule has 0 aliphatic carbocycles. The number of ether oxygens (including phenoxy) is 1. The highest BCUT2D eigenvalue weighted by Gasteiger charge is 2.24. The molecule has 0 aliphatic heterocycles. The first-order chi connectivity index (χ1) is 18.7. The second-order valence-electron chi connectivity index (χ2n) is 8.81. The first-order valence-corrected chi connectivity index (χ1v) is 12.8. The molecular weight excluding hydrogens is 500 g/mol. The van der Waals surface area contributed by atoms with Crippen LogP contribution in [0.1, 0.15) is 17.2 Å². The molecule has 0 spiro atoms. The van der Waals surface area contributed by atoms with E-state index in [-0.39, 0.29) is 12.6 Å². The Kier molecular flexibility index (Phi) is 8.45. The number of rotatable bonds is 12. The van der Waals surface area contributed by atoms with E-state index in [1.54, 1.807) is 12.7 Å². The molecule has 3 aromatic carbocycles. The number of fused-ring (bicyclic) bond motifs is 1. The number of aromatic nitrogens is 4. The maximum absolute atomic E-state index is 10.2. The number of anilines is 1. The van der Waals surface area contributed by atoms with E-state index in [1.807, 2.05) is 77.4 Å². The largest absolute Gasteiger partial charge is 0.486 e. The first-order valence-electron chi connectivity index (χ1n) is 12.5. The molecule has 5 rings (SSSR count). The van der Waals surface area contributed by atoms with Gasteiger partial charge in [0.15, 0.2) is 11.5 Å². The number of imidazole rings is 1. The third-order valence-electron chi connectivity index (χ3n) is 6.23. The van der Waals surface area contributed by atoms with Crippen LogP contribution in [-0.4, -0.2) is 43.9 Å². The summed E-state index contributed by atoms with van der Waals surface area (Å²) in [4.78, 5) is 13.4. The fourth-order valence-corrected chi connectivity index (χ4v) is 4.44. The van der Waals surface area contributed by atoms with Gasteiger partial charge in [0.05, 0.1) is 19.0 Å². The van der Waals surface area contributed by atoms with E-state index in [2.05, 4.69) is 37.7 Å². The highest BCUT2D eigenvalue weighted by molar-refractivity contribution is 6.30. The number of para-hydroxylation sites is 1. The number of nitrogens with one attached hydrogen (secondary N) is 2. The molecule has 2 heterocycles. The summed E-state index contributed by atoms with van der Waals surface area (Å²) < 4.78 is 8.14. The average Bonchev–Trinajstić information content (AvgIpc) is 3.38. The Morgan fingerprint density at radius 3 is 2.37 bits per heavy atom. The number of aliphatic hydroxyl groups is 1. The van der Waals surface area contributed by atoms with Gasteiger partial charge in [-0.3, -0.25) is 0 Å². The zero-order valence-electron chi connectivity index (χ0n) is 20.7. The van der Waals surface area contributed by atoms with Crippen molar-refractivity contribution in [1.82, 2.24) is 24.8 Å². The maximum Gasteiger partial charge on any atom is 0.165 e. The SMILES string of the molecule is OC[C@@H](Oc1ccccc1)[C@H](NCCn1cnc2c(NCc3ccccc3)ncnc21)c1ccc(Cl)cc1. The van der Waals surface area contributed by atoms with Crippen molar-refractivity contribution in [1.29, 1.82) is 0 Å². The van der Waals surface area contributed by atoms with Gasteiger partial charge < -0.3 is 25.0 Å². The predicted octanol–water partition coefficient (Wildman–Crippen LogP) is 4.86. The molecule has 9 heteroatoms. The molecule has 0 saturated carbocycles. The Morgan fingerprint density at radius 1 is 0.895 bits per heavy atom. The quantitative estimate of drug-likeness (QED) is 0.213. The summed E-state index contributed by atoms with van der Waals surface area (Å²) in [7, 11) is 0. The molecule has 2 atom stereocenters. The third kappa shape index (κ3) is 6.28. The smallest absolute Gasteiger partial charge is 0.165 e. The first kappa shape index (κ1) is 25.7. The molecule has 5 aromatic rings. The van der Waals surface area contributed by atoms with Gasteiger partial charge in [-0.1, -0.05) is 72.3 Å². The van der Waals surface area contributed by atoms with E-state index in [9.17, 15) is 5.11 Å². The fraction of sp³-hybridized carbons (Fsp3) is 0.207. The maximum atomic E-state index is 10.2.